The fraction of sp³-hybridized carbons (Fsp3) is 0. The second-order valence-electron chi connectivity index (χ2n) is 3.78. The molecule has 0 amide bonds. The molecule has 2 aromatic carbocycles. The standard InChI is InChI=1S/C14H9O3/c15-11-4-1-9(2-5-11)13-7-10-3-6-12(16)8-14(10)17-13/h1-6,8,15-16H. The first-order valence-electron chi connectivity index (χ1n) is 5.16. The van der Waals surface area contributed by atoms with Crippen LogP contribution in [0.25, 0.3) is 22.3 Å². The fourth-order valence-electron chi connectivity index (χ4n) is 1.70. The second-order valence-corrected chi connectivity index (χ2v) is 3.78. The van der Waals surface area contributed by atoms with Gasteiger partial charge in [-0.3, -0.25) is 0 Å². The zero-order chi connectivity index (χ0) is 11.8. The van der Waals surface area contributed by atoms with Gasteiger partial charge in [0.25, 0.3) is 0 Å². The number of hydrogen-bond donors (Lipinski definition) is 2. The Bertz CT molecular complexity index is 666. The Morgan fingerprint density at radius 3 is 2.35 bits per heavy atom. The van der Waals surface area contributed by atoms with Crippen LogP contribution in [0.1, 0.15) is 0 Å². The number of rotatable bonds is 1. The molecule has 0 fully saturated rings. The molecule has 0 saturated heterocycles. The number of benzene rings is 2. The summed E-state index contributed by atoms with van der Waals surface area (Å²) < 4.78 is 5.58. The third-order valence-corrected chi connectivity index (χ3v) is 2.55. The van der Waals surface area contributed by atoms with Crippen LogP contribution in [-0.2, 0) is 0 Å². The lowest BCUT2D eigenvalue weighted by molar-refractivity contribution is 0.474. The second kappa shape index (κ2) is 3.56. The van der Waals surface area contributed by atoms with E-state index in [1.54, 1.807) is 42.5 Å². The molecule has 83 valence electrons. The highest BCUT2D eigenvalue weighted by Crippen LogP contribution is 2.29. The highest BCUT2D eigenvalue weighted by Gasteiger charge is 2.07. The predicted molar refractivity (Wildman–Crippen MR) is 63.8 cm³/mol. The molecule has 1 radical (unpaired) electrons. The van der Waals surface area contributed by atoms with Crippen LogP contribution in [0.3, 0.4) is 0 Å². The average Bonchev–Trinajstić information content (AvgIpc) is 2.72. The summed E-state index contributed by atoms with van der Waals surface area (Å²) in [5.41, 5.74) is 1.42. The zero-order valence-corrected chi connectivity index (χ0v) is 8.84. The lowest BCUT2D eigenvalue weighted by Crippen LogP contribution is -1.71. The van der Waals surface area contributed by atoms with Gasteiger partial charge in [-0.2, -0.15) is 0 Å². The Balaban J connectivity index is 2.14. The smallest absolute Gasteiger partial charge is 0.143 e. The summed E-state index contributed by atoms with van der Waals surface area (Å²) in [6.07, 6.45) is 0. The molecule has 3 heteroatoms. The number of phenols is 2. The number of furan rings is 1. The van der Waals surface area contributed by atoms with Crippen molar-refractivity contribution in [2.75, 3.05) is 0 Å². The first kappa shape index (κ1) is 9.78. The molecule has 2 N–H and O–H groups in total. The zero-order valence-electron chi connectivity index (χ0n) is 8.84. The van der Waals surface area contributed by atoms with Gasteiger partial charge in [0, 0.05) is 23.1 Å². The van der Waals surface area contributed by atoms with Crippen molar-refractivity contribution in [1.29, 1.82) is 0 Å². The lowest BCUT2D eigenvalue weighted by atomic mass is 10.1. The Labute approximate surface area is 97.6 Å². The molecule has 17 heavy (non-hydrogen) atoms. The van der Waals surface area contributed by atoms with E-state index in [1.165, 1.54) is 0 Å². The van der Waals surface area contributed by atoms with Crippen LogP contribution in [0, 0.1) is 6.07 Å². The largest absolute Gasteiger partial charge is 0.508 e. The van der Waals surface area contributed by atoms with Crippen molar-refractivity contribution in [2.45, 2.75) is 0 Å². The molecular formula is C14H9O3. The summed E-state index contributed by atoms with van der Waals surface area (Å²) in [5.74, 6) is 0.964. The van der Waals surface area contributed by atoms with E-state index in [4.69, 9.17) is 4.42 Å². The summed E-state index contributed by atoms with van der Waals surface area (Å²) in [4.78, 5) is 0. The van der Waals surface area contributed by atoms with Gasteiger partial charge in [-0.1, -0.05) is 0 Å². The molecule has 3 rings (SSSR count). The van der Waals surface area contributed by atoms with Crippen LogP contribution in [0.4, 0.5) is 0 Å². The van der Waals surface area contributed by atoms with Gasteiger partial charge in [0.2, 0.25) is 0 Å². The van der Waals surface area contributed by atoms with E-state index in [0.29, 0.717) is 11.3 Å². The Hall–Kier alpha value is -2.42. The molecule has 0 aliphatic rings. The molecule has 3 nitrogen and oxygen atoms in total. The van der Waals surface area contributed by atoms with Gasteiger partial charge in [0.1, 0.15) is 22.8 Å². The predicted octanol–water partition coefficient (Wildman–Crippen LogP) is 3.31. The van der Waals surface area contributed by atoms with Crippen molar-refractivity contribution >= 4 is 11.0 Å². The van der Waals surface area contributed by atoms with E-state index in [0.717, 1.165) is 10.9 Å². The fourth-order valence-corrected chi connectivity index (χ4v) is 1.70. The summed E-state index contributed by atoms with van der Waals surface area (Å²) in [6, 6.07) is 14.7. The topological polar surface area (TPSA) is 53.6 Å². The van der Waals surface area contributed by atoms with Gasteiger partial charge in [0.15, 0.2) is 0 Å². The lowest BCUT2D eigenvalue weighted by Gasteiger charge is -1.95. The monoisotopic (exact) mass is 225 g/mol. The van der Waals surface area contributed by atoms with E-state index in [9.17, 15) is 10.2 Å². The Kier molecular flexibility index (Phi) is 2.05. The van der Waals surface area contributed by atoms with Gasteiger partial charge in [0.05, 0.1) is 0 Å². The summed E-state index contributed by atoms with van der Waals surface area (Å²) in [7, 11) is 0. The molecule has 0 spiro atoms. The van der Waals surface area contributed by atoms with Gasteiger partial charge in [-0.25, -0.2) is 0 Å². The molecule has 0 unspecified atom stereocenters. The van der Waals surface area contributed by atoms with Crippen LogP contribution in [-0.4, -0.2) is 10.2 Å². The quantitative estimate of drug-likeness (QED) is 0.668. The minimum absolute atomic E-state index is 0.164. The summed E-state index contributed by atoms with van der Waals surface area (Å²) in [5, 5.41) is 19.4. The molecule has 0 aliphatic heterocycles. The first-order valence-corrected chi connectivity index (χ1v) is 5.16. The van der Waals surface area contributed by atoms with Gasteiger partial charge in [-0.15, -0.1) is 0 Å². The van der Waals surface area contributed by atoms with Crippen molar-refractivity contribution in [2.24, 2.45) is 0 Å². The number of hydrogen-bond acceptors (Lipinski definition) is 3. The van der Waals surface area contributed by atoms with E-state index < -0.39 is 0 Å². The number of aromatic hydroxyl groups is 2. The Morgan fingerprint density at radius 1 is 0.882 bits per heavy atom. The van der Waals surface area contributed by atoms with Crippen molar-refractivity contribution < 1.29 is 14.6 Å². The first-order chi connectivity index (χ1) is 8.22. The minimum atomic E-state index is 0.164. The molecular weight excluding hydrogens is 216 g/mol. The third-order valence-electron chi connectivity index (χ3n) is 2.55. The van der Waals surface area contributed by atoms with Gasteiger partial charge in [-0.05, 0) is 36.4 Å². The van der Waals surface area contributed by atoms with Crippen molar-refractivity contribution in [3.05, 3.63) is 48.5 Å². The van der Waals surface area contributed by atoms with E-state index in [1.807, 2.05) is 0 Å². The molecule has 0 atom stereocenters. The SMILES string of the molecule is Oc1ccc(-c2[c]c3ccc(O)cc3o2)cc1. The molecule has 1 aromatic heterocycles. The highest BCUT2D eigenvalue weighted by atomic mass is 16.3. The maximum atomic E-state index is 9.34. The van der Waals surface area contributed by atoms with Crippen molar-refractivity contribution in [1.82, 2.24) is 0 Å². The highest BCUT2D eigenvalue weighted by molar-refractivity contribution is 5.83. The average molecular weight is 225 g/mol. The van der Waals surface area contributed by atoms with Crippen LogP contribution >= 0.6 is 0 Å². The number of fused-ring (bicyclic) bond motifs is 1. The van der Waals surface area contributed by atoms with Gasteiger partial charge >= 0.3 is 0 Å². The van der Waals surface area contributed by atoms with Crippen LogP contribution in [0.15, 0.2) is 46.9 Å². The van der Waals surface area contributed by atoms with E-state index in [2.05, 4.69) is 6.07 Å². The van der Waals surface area contributed by atoms with Crippen molar-refractivity contribution in [3.63, 3.8) is 0 Å². The molecule has 3 aromatic rings. The maximum Gasteiger partial charge on any atom is 0.143 e. The Morgan fingerprint density at radius 2 is 1.59 bits per heavy atom. The van der Waals surface area contributed by atoms with Gasteiger partial charge < -0.3 is 14.6 Å². The van der Waals surface area contributed by atoms with Crippen LogP contribution < -0.4 is 0 Å². The van der Waals surface area contributed by atoms with E-state index >= 15 is 0 Å². The normalized spacial score (nSPS) is 10.8. The minimum Gasteiger partial charge on any atom is -0.508 e. The summed E-state index contributed by atoms with van der Waals surface area (Å²) >= 11 is 0. The number of phenolic OH excluding ortho intramolecular Hbond substituents is 2. The van der Waals surface area contributed by atoms with Crippen LogP contribution in [0.5, 0.6) is 11.5 Å². The molecule has 0 aliphatic carbocycles. The van der Waals surface area contributed by atoms with Crippen LogP contribution in [0.2, 0.25) is 0 Å². The van der Waals surface area contributed by atoms with E-state index in [-0.39, 0.29) is 11.5 Å². The molecule has 1 heterocycles. The summed E-state index contributed by atoms with van der Waals surface area (Å²) in [6.45, 7) is 0. The van der Waals surface area contributed by atoms with Crippen molar-refractivity contribution in [3.8, 4) is 22.8 Å². The third kappa shape index (κ3) is 1.72. The maximum absolute atomic E-state index is 9.34. The molecule has 0 saturated carbocycles. The molecule has 0 bridgehead atoms.